The number of benzene rings is 6. The molecule has 1 atom stereocenters. The molecule has 54 heavy (non-hydrogen) atoms. The molecule has 4 heterocycles. The Morgan fingerprint density at radius 2 is 1.09 bits per heavy atom. The van der Waals surface area contributed by atoms with Gasteiger partial charge in [0.2, 0.25) is 0 Å². The molecule has 1 aliphatic carbocycles. The molecule has 0 radical (unpaired) electrons. The second-order valence-corrected chi connectivity index (χ2v) is 14.3. The third-order valence-corrected chi connectivity index (χ3v) is 11.0. The Hall–Kier alpha value is -7.23. The summed E-state index contributed by atoms with van der Waals surface area (Å²) in [6, 6.07) is 53.2. The number of nitriles is 1. The molecule has 0 saturated heterocycles. The van der Waals surface area contributed by atoms with E-state index in [2.05, 4.69) is 160 Å². The van der Waals surface area contributed by atoms with Crippen molar-refractivity contribution in [3.05, 3.63) is 168 Å². The lowest BCUT2D eigenvalue weighted by atomic mass is 9.95. The molecule has 0 aliphatic heterocycles. The fourth-order valence-electron chi connectivity index (χ4n) is 8.62. The number of allylic oxidation sites excluding steroid dienone is 1. The summed E-state index contributed by atoms with van der Waals surface area (Å²) < 4.78 is 6.98. The van der Waals surface area contributed by atoms with E-state index >= 15 is 0 Å². The third-order valence-electron chi connectivity index (χ3n) is 11.0. The van der Waals surface area contributed by atoms with Gasteiger partial charge in [-0.3, -0.25) is 9.13 Å². The Kier molecular flexibility index (Phi) is 6.55. The van der Waals surface area contributed by atoms with Gasteiger partial charge in [-0.05, 0) is 79.1 Å². The highest BCUT2D eigenvalue weighted by atomic mass is 15.1. The van der Waals surface area contributed by atoms with E-state index in [1.165, 1.54) is 38.4 Å². The molecule has 1 unspecified atom stereocenters. The van der Waals surface area contributed by atoms with Crippen molar-refractivity contribution in [3.8, 4) is 34.8 Å². The number of rotatable bonds is 4. The zero-order valence-corrected chi connectivity index (χ0v) is 29.5. The molecule has 254 valence electrons. The van der Waals surface area contributed by atoms with Gasteiger partial charge in [0, 0.05) is 55.5 Å². The minimum absolute atomic E-state index is 0.404. The molecule has 0 N–H and O–H groups in total. The van der Waals surface area contributed by atoms with Gasteiger partial charge < -0.3 is 4.57 Å². The quantitative estimate of drug-likeness (QED) is 0.184. The predicted octanol–water partition coefficient (Wildman–Crippen LogP) is 11.4. The number of hydrogen-bond donors (Lipinski definition) is 0. The predicted molar refractivity (Wildman–Crippen MR) is 220 cm³/mol. The van der Waals surface area contributed by atoms with Crippen molar-refractivity contribution in [3.63, 3.8) is 0 Å². The third kappa shape index (κ3) is 4.45. The van der Waals surface area contributed by atoms with Gasteiger partial charge in [-0.2, -0.15) is 5.26 Å². The van der Waals surface area contributed by atoms with Crippen molar-refractivity contribution >= 4 is 60.6 Å². The molecule has 0 amide bonds. The summed E-state index contributed by atoms with van der Waals surface area (Å²) in [6.45, 7) is 2.26. The summed E-state index contributed by atoms with van der Waals surface area (Å²) in [6.07, 6.45) is 5.49. The maximum atomic E-state index is 9.56. The molecule has 0 spiro atoms. The number of aromatic nitrogens is 5. The fraction of sp³-hybridized carbons (Fsp3) is 0.0625. The van der Waals surface area contributed by atoms with Crippen LogP contribution < -0.4 is 0 Å². The standard InChI is InChI=1S/C48H32N6/c1-30-18-24-38-36-12-4-8-16-42(36)54(45(38)26-30)47-28-46(50-48(51-47)32-21-19-31(29-49)20-22-32)53-43-17-9-5-13-37(43)39-27-33(23-25-44(39)53)52-40-14-6-2-10-34(40)35-11-3-7-15-41(35)52/h2-25,27-28,30H,26H2,1H3. The van der Waals surface area contributed by atoms with E-state index in [1.54, 1.807) is 0 Å². The van der Waals surface area contributed by atoms with Gasteiger partial charge >= 0.3 is 0 Å². The minimum Gasteiger partial charge on any atom is -0.309 e. The summed E-state index contributed by atoms with van der Waals surface area (Å²) in [5.74, 6) is 2.60. The molecule has 6 heteroatoms. The van der Waals surface area contributed by atoms with Crippen LogP contribution in [0.25, 0.3) is 89.3 Å². The normalized spacial score (nSPS) is 14.0. The van der Waals surface area contributed by atoms with Crippen LogP contribution in [0.5, 0.6) is 0 Å². The molecule has 0 bridgehead atoms. The lowest BCUT2D eigenvalue weighted by Gasteiger charge is -2.18. The van der Waals surface area contributed by atoms with Crippen LogP contribution >= 0.6 is 0 Å². The smallest absolute Gasteiger partial charge is 0.163 e. The Bertz CT molecular complexity index is 3170. The first-order valence-corrected chi connectivity index (χ1v) is 18.4. The topological polar surface area (TPSA) is 64.4 Å². The highest BCUT2D eigenvalue weighted by Gasteiger charge is 2.24. The summed E-state index contributed by atoms with van der Waals surface area (Å²) in [4.78, 5) is 10.6. The van der Waals surface area contributed by atoms with Crippen LogP contribution in [0.4, 0.5) is 0 Å². The van der Waals surface area contributed by atoms with Crippen molar-refractivity contribution < 1.29 is 0 Å². The van der Waals surface area contributed by atoms with Gasteiger partial charge in [-0.15, -0.1) is 0 Å². The molecular weight excluding hydrogens is 661 g/mol. The van der Waals surface area contributed by atoms with Gasteiger partial charge in [-0.25, -0.2) is 9.97 Å². The number of fused-ring (bicyclic) bond motifs is 9. The molecular formula is C48H32N6. The van der Waals surface area contributed by atoms with Crippen LogP contribution in [-0.4, -0.2) is 23.7 Å². The summed E-state index contributed by atoms with van der Waals surface area (Å²) in [5.41, 5.74) is 10.7. The lowest BCUT2D eigenvalue weighted by Crippen LogP contribution is -2.11. The van der Waals surface area contributed by atoms with E-state index in [4.69, 9.17) is 9.97 Å². The first-order valence-electron chi connectivity index (χ1n) is 18.4. The van der Waals surface area contributed by atoms with E-state index in [0.717, 1.165) is 56.6 Å². The van der Waals surface area contributed by atoms with Crippen molar-refractivity contribution in [1.29, 1.82) is 5.26 Å². The Morgan fingerprint density at radius 3 is 1.74 bits per heavy atom. The Labute approximate surface area is 311 Å². The average molecular weight is 693 g/mol. The minimum atomic E-state index is 0.404. The van der Waals surface area contributed by atoms with E-state index in [1.807, 2.05) is 24.3 Å². The molecule has 1 aliphatic rings. The lowest BCUT2D eigenvalue weighted by molar-refractivity contribution is 0.687. The van der Waals surface area contributed by atoms with E-state index < -0.39 is 0 Å². The average Bonchev–Trinajstić information content (AvgIpc) is 3.86. The highest BCUT2D eigenvalue weighted by Crippen LogP contribution is 2.39. The molecule has 0 fully saturated rings. The number of hydrogen-bond acceptors (Lipinski definition) is 3. The second kappa shape index (κ2) is 11.6. The van der Waals surface area contributed by atoms with Crippen molar-refractivity contribution in [2.45, 2.75) is 13.3 Å². The molecule has 11 rings (SSSR count). The molecule has 6 nitrogen and oxygen atoms in total. The zero-order chi connectivity index (χ0) is 35.9. The summed E-state index contributed by atoms with van der Waals surface area (Å²) in [7, 11) is 0. The van der Waals surface area contributed by atoms with E-state index in [9.17, 15) is 5.26 Å². The summed E-state index contributed by atoms with van der Waals surface area (Å²) >= 11 is 0. The largest absolute Gasteiger partial charge is 0.309 e. The van der Waals surface area contributed by atoms with Crippen LogP contribution in [0.15, 0.2) is 152 Å². The van der Waals surface area contributed by atoms with Gasteiger partial charge in [0.15, 0.2) is 5.82 Å². The molecule has 0 saturated carbocycles. The van der Waals surface area contributed by atoms with Crippen LogP contribution in [0.2, 0.25) is 0 Å². The first kappa shape index (κ1) is 30.4. The summed E-state index contributed by atoms with van der Waals surface area (Å²) in [5, 5.41) is 15.6. The monoisotopic (exact) mass is 692 g/mol. The van der Waals surface area contributed by atoms with Gasteiger partial charge in [0.25, 0.3) is 0 Å². The van der Waals surface area contributed by atoms with Crippen LogP contribution in [0.1, 0.15) is 23.7 Å². The zero-order valence-electron chi connectivity index (χ0n) is 29.5. The highest BCUT2D eigenvalue weighted by molar-refractivity contribution is 6.12. The Morgan fingerprint density at radius 1 is 0.556 bits per heavy atom. The van der Waals surface area contributed by atoms with Gasteiger partial charge in [0.05, 0.1) is 39.2 Å². The van der Waals surface area contributed by atoms with Crippen LogP contribution in [0, 0.1) is 17.2 Å². The van der Waals surface area contributed by atoms with Crippen molar-refractivity contribution in [2.75, 3.05) is 0 Å². The second-order valence-electron chi connectivity index (χ2n) is 14.3. The maximum Gasteiger partial charge on any atom is 0.163 e. The first-order chi connectivity index (χ1) is 26.6. The van der Waals surface area contributed by atoms with Crippen molar-refractivity contribution in [2.24, 2.45) is 5.92 Å². The van der Waals surface area contributed by atoms with E-state index in [-0.39, 0.29) is 0 Å². The SMILES string of the molecule is CC1C=Cc2c(n(-c3cc(-n4c5ccccc5c5cc(-n6c7ccccc7c7ccccc76)ccc54)nc(-c4ccc(C#N)cc4)n3)c3ccccc23)C1. The van der Waals surface area contributed by atoms with Crippen LogP contribution in [-0.2, 0) is 6.42 Å². The van der Waals surface area contributed by atoms with Crippen molar-refractivity contribution in [1.82, 2.24) is 23.7 Å². The van der Waals surface area contributed by atoms with Gasteiger partial charge in [-0.1, -0.05) is 91.9 Å². The maximum absolute atomic E-state index is 9.56. The molecule has 4 aromatic heterocycles. The number of para-hydroxylation sites is 4. The van der Waals surface area contributed by atoms with Gasteiger partial charge in [0.1, 0.15) is 11.6 Å². The number of nitrogens with zero attached hydrogens (tertiary/aromatic N) is 6. The van der Waals surface area contributed by atoms with Crippen LogP contribution in [0.3, 0.4) is 0 Å². The van der Waals surface area contributed by atoms with E-state index in [0.29, 0.717) is 17.3 Å². The molecule has 6 aromatic carbocycles. The molecule has 10 aromatic rings. The Balaban J connectivity index is 1.19. The fourth-order valence-corrected chi connectivity index (χ4v) is 8.62.